The number of fused-ring (bicyclic) bond motifs is 1. The van der Waals surface area contributed by atoms with E-state index < -0.39 is 0 Å². The van der Waals surface area contributed by atoms with Gasteiger partial charge in [0.2, 0.25) is 0 Å². The maximum atomic E-state index is 4.40. The zero-order valence-corrected chi connectivity index (χ0v) is 7.64. The Labute approximate surface area is 75.8 Å². The van der Waals surface area contributed by atoms with Gasteiger partial charge in [-0.1, -0.05) is 24.3 Å². The summed E-state index contributed by atoms with van der Waals surface area (Å²) in [6.45, 7) is 2.03. The second-order valence-corrected chi connectivity index (χ2v) is 3.82. The minimum absolute atomic E-state index is 1.08. The molecule has 0 bridgehead atoms. The number of hydrogen-bond donors (Lipinski definition) is 0. The van der Waals surface area contributed by atoms with Crippen molar-refractivity contribution in [2.75, 3.05) is 0 Å². The topological polar surface area (TPSA) is 12.9 Å². The van der Waals surface area contributed by atoms with E-state index in [2.05, 4.69) is 11.1 Å². The van der Waals surface area contributed by atoms with Crippen molar-refractivity contribution < 1.29 is 0 Å². The van der Waals surface area contributed by atoms with Gasteiger partial charge in [-0.25, -0.2) is 4.98 Å². The third-order valence-electron chi connectivity index (χ3n) is 1.62. The van der Waals surface area contributed by atoms with Crippen molar-refractivity contribution in [3.63, 3.8) is 0 Å². The lowest BCUT2D eigenvalue weighted by Crippen LogP contribution is -1.76. The second-order valence-electron chi connectivity index (χ2n) is 2.59. The van der Waals surface area contributed by atoms with Gasteiger partial charge in [0, 0.05) is 0 Å². The number of nitrogens with zero attached hydrogens (tertiary/aromatic N) is 1. The van der Waals surface area contributed by atoms with Crippen molar-refractivity contribution in [3.05, 3.63) is 39.9 Å². The fourth-order valence-electron chi connectivity index (χ4n) is 1.12. The standard InChI is InChI=1S/C10H9NS/c1-8-11-9-6-4-2-3-5-7-10(9)12-8/h2-7H,1H3/b3-2-,4-2?,5-3?,6-4-,7-5-,9-6?,10-7?. The van der Waals surface area contributed by atoms with Gasteiger partial charge in [-0.2, -0.15) is 0 Å². The second kappa shape index (κ2) is 3.07. The predicted molar refractivity (Wildman–Crippen MR) is 54.1 cm³/mol. The molecule has 1 aliphatic rings. The molecule has 1 aromatic rings. The van der Waals surface area contributed by atoms with Crippen LogP contribution in [0.4, 0.5) is 0 Å². The van der Waals surface area contributed by atoms with Gasteiger partial charge < -0.3 is 0 Å². The van der Waals surface area contributed by atoms with Crippen LogP contribution >= 0.6 is 11.3 Å². The summed E-state index contributed by atoms with van der Waals surface area (Å²) in [5, 5.41) is 1.12. The zero-order chi connectivity index (χ0) is 8.39. The molecule has 0 radical (unpaired) electrons. The molecule has 60 valence electrons. The summed E-state index contributed by atoms with van der Waals surface area (Å²) in [6, 6.07) is 0. The van der Waals surface area contributed by atoms with Gasteiger partial charge in [0.05, 0.1) is 15.6 Å². The van der Waals surface area contributed by atoms with E-state index in [4.69, 9.17) is 0 Å². The predicted octanol–water partition coefficient (Wildman–Crippen LogP) is 3.05. The Morgan fingerprint density at radius 3 is 2.67 bits per heavy atom. The molecule has 0 saturated carbocycles. The summed E-state index contributed by atoms with van der Waals surface area (Å²) in [6.07, 6.45) is 12.2. The van der Waals surface area contributed by atoms with Gasteiger partial charge in [0.1, 0.15) is 0 Å². The highest BCUT2D eigenvalue weighted by atomic mass is 32.1. The highest BCUT2D eigenvalue weighted by Gasteiger charge is 2.02. The first kappa shape index (κ1) is 7.50. The Kier molecular flexibility index (Phi) is 1.92. The normalized spacial score (nSPS) is 22.1. The first-order valence-corrected chi connectivity index (χ1v) is 4.67. The lowest BCUT2D eigenvalue weighted by atomic mass is 10.2. The maximum absolute atomic E-state index is 4.40. The summed E-state index contributed by atoms with van der Waals surface area (Å²) in [5.74, 6) is 0. The van der Waals surface area contributed by atoms with E-state index in [9.17, 15) is 0 Å². The molecular weight excluding hydrogens is 166 g/mol. The quantitative estimate of drug-likeness (QED) is 0.590. The molecule has 0 atom stereocenters. The molecule has 1 heterocycles. The molecule has 1 aromatic heterocycles. The molecule has 0 spiro atoms. The van der Waals surface area contributed by atoms with Crippen LogP contribution in [0.3, 0.4) is 0 Å². The molecule has 1 aliphatic carbocycles. The molecule has 0 N–H and O–H groups in total. The van der Waals surface area contributed by atoms with Crippen LogP contribution in [0.2, 0.25) is 0 Å². The molecule has 2 rings (SSSR count). The fraction of sp³-hybridized carbons (Fsp3) is 0.100. The van der Waals surface area contributed by atoms with Crippen LogP contribution < -0.4 is 0 Å². The average Bonchev–Trinajstić information content (AvgIpc) is 2.32. The van der Waals surface area contributed by atoms with E-state index >= 15 is 0 Å². The van der Waals surface area contributed by atoms with Crippen LogP contribution in [0.15, 0.2) is 24.3 Å². The number of aryl methyl sites for hydroxylation is 1. The fourth-order valence-corrected chi connectivity index (χ4v) is 1.94. The van der Waals surface area contributed by atoms with Gasteiger partial charge in [0.25, 0.3) is 0 Å². The van der Waals surface area contributed by atoms with Crippen LogP contribution in [0.25, 0.3) is 12.2 Å². The minimum Gasteiger partial charge on any atom is -0.242 e. The summed E-state index contributed by atoms with van der Waals surface area (Å²) >= 11 is 1.73. The van der Waals surface area contributed by atoms with Crippen molar-refractivity contribution in [3.8, 4) is 0 Å². The van der Waals surface area contributed by atoms with E-state index in [0.29, 0.717) is 0 Å². The molecule has 0 aromatic carbocycles. The third-order valence-corrected chi connectivity index (χ3v) is 2.57. The van der Waals surface area contributed by atoms with Crippen molar-refractivity contribution in [1.29, 1.82) is 0 Å². The number of aromatic nitrogens is 1. The summed E-state index contributed by atoms with van der Waals surface area (Å²) < 4.78 is 0. The molecule has 0 fully saturated rings. The molecule has 12 heavy (non-hydrogen) atoms. The molecule has 2 heteroatoms. The minimum atomic E-state index is 1.08. The SMILES string of the molecule is Cc1nc2c(s1)\C=C/C=C\C=C/2. The zero-order valence-electron chi connectivity index (χ0n) is 6.82. The van der Waals surface area contributed by atoms with Crippen LogP contribution in [-0.2, 0) is 0 Å². The van der Waals surface area contributed by atoms with E-state index in [1.807, 2.05) is 37.3 Å². The first-order valence-electron chi connectivity index (χ1n) is 3.85. The summed E-state index contributed by atoms with van der Waals surface area (Å²) in [4.78, 5) is 5.64. The molecule has 0 aliphatic heterocycles. The Morgan fingerprint density at radius 1 is 1.08 bits per heavy atom. The Hall–Kier alpha value is -1.15. The van der Waals surface area contributed by atoms with E-state index in [1.165, 1.54) is 4.88 Å². The molecule has 0 unspecified atom stereocenters. The van der Waals surface area contributed by atoms with Crippen LogP contribution in [0.1, 0.15) is 15.6 Å². The maximum Gasteiger partial charge on any atom is 0.0907 e. The average molecular weight is 175 g/mol. The number of rotatable bonds is 0. The Morgan fingerprint density at radius 2 is 1.83 bits per heavy atom. The highest BCUT2D eigenvalue weighted by Crippen LogP contribution is 2.21. The van der Waals surface area contributed by atoms with E-state index in [-0.39, 0.29) is 0 Å². The number of allylic oxidation sites excluding steroid dienone is 4. The smallest absolute Gasteiger partial charge is 0.0907 e. The van der Waals surface area contributed by atoms with Gasteiger partial charge in [-0.3, -0.25) is 0 Å². The highest BCUT2D eigenvalue weighted by molar-refractivity contribution is 7.12. The molecular formula is C10H9NS. The van der Waals surface area contributed by atoms with Gasteiger partial charge in [-0.05, 0) is 19.1 Å². The van der Waals surface area contributed by atoms with Gasteiger partial charge in [0.15, 0.2) is 0 Å². The Balaban J connectivity index is 2.53. The van der Waals surface area contributed by atoms with Crippen molar-refractivity contribution in [2.45, 2.75) is 6.92 Å². The number of hydrogen-bond acceptors (Lipinski definition) is 2. The van der Waals surface area contributed by atoms with Gasteiger partial charge in [-0.15, -0.1) is 11.3 Å². The van der Waals surface area contributed by atoms with Crippen LogP contribution in [-0.4, -0.2) is 4.98 Å². The largest absolute Gasteiger partial charge is 0.242 e. The molecule has 0 amide bonds. The summed E-state index contributed by atoms with van der Waals surface area (Å²) in [7, 11) is 0. The van der Waals surface area contributed by atoms with Crippen LogP contribution in [0, 0.1) is 6.92 Å². The van der Waals surface area contributed by atoms with Gasteiger partial charge >= 0.3 is 0 Å². The Bertz CT molecular complexity index is 336. The number of thiazole rings is 1. The van der Waals surface area contributed by atoms with E-state index in [1.54, 1.807) is 11.3 Å². The first-order chi connectivity index (χ1) is 5.86. The monoisotopic (exact) mass is 175 g/mol. The van der Waals surface area contributed by atoms with E-state index in [0.717, 1.165) is 10.7 Å². The summed E-state index contributed by atoms with van der Waals surface area (Å²) in [5.41, 5.74) is 1.08. The van der Waals surface area contributed by atoms with Crippen molar-refractivity contribution in [1.82, 2.24) is 4.98 Å². The lowest BCUT2D eigenvalue weighted by molar-refractivity contribution is 1.27. The molecule has 0 saturated heterocycles. The third kappa shape index (κ3) is 1.38. The van der Waals surface area contributed by atoms with Crippen LogP contribution in [0.5, 0.6) is 0 Å². The van der Waals surface area contributed by atoms with Crippen molar-refractivity contribution >= 4 is 23.5 Å². The lowest BCUT2D eigenvalue weighted by Gasteiger charge is -1.89. The van der Waals surface area contributed by atoms with Crippen molar-refractivity contribution in [2.24, 2.45) is 0 Å². The molecule has 1 nitrogen and oxygen atoms in total.